The van der Waals surface area contributed by atoms with Crippen LogP contribution in [0.2, 0.25) is 0 Å². The lowest BCUT2D eigenvalue weighted by atomic mass is 9.98. The van der Waals surface area contributed by atoms with Crippen molar-refractivity contribution in [3.8, 4) is 11.5 Å². The first kappa shape index (κ1) is 23.1. The minimum absolute atomic E-state index is 0.0152. The molecule has 1 aliphatic rings. The standard InChI is InChI=1S/C24H30N4O4/c1-16(2)25-24(30)27(3)15-23(29)28-22(18-8-12-20(32-5)13-9-18)14-21(26-28)17-6-10-19(31-4)11-7-17/h6-13,16,22H,14-15H2,1-5H3,(H,25,30)/t22-/m0/s1. The Morgan fingerprint density at radius 1 is 1.06 bits per heavy atom. The van der Waals surface area contributed by atoms with E-state index in [4.69, 9.17) is 9.47 Å². The molecule has 1 heterocycles. The van der Waals surface area contributed by atoms with Crippen LogP contribution < -0.4 is 14.8 Å². The molecule has 0 unspecified atom stereocenters. The van der Waals surface area contributed by atoms with E-state index in [1.807, 2.05) is 62.4 Å². The molecule has 0 aliphatic carbocycles. The molecule has 8 nitrogen and oxygen atoms in total. The van der Waals surface area contributed by atoms with Gasteiger partial charge in [-0.3, -0.25) is 4.79 Å². The summed E-state index contributed by atoms with van der Waals surface area (Å²) in [5.41, 5.74) is 2.67. The van der Waals surface area contributed by atoms with Crippen molar-refractivity contribution in [3.63, 3.8) is 0 Å². The lowest BCUT2D eigenvalue weighted by molar-refractivity contribution is -0.133. The van der Waals surface area contributed by atoms with Crippen molar-refractivity contribution in [1.82, 2.24) is 15.2 Å². The molecule has 0 spiro atoms. The van der Waals surface area contributed by atoms with Crippen LogP contribution in [-0.2, 0) is 4.79 Å². The van der Waals surface area contributed by atoms with Crippen LogP contribution in [0.25, 0.3) is 0 Å². The van der Waals surface area contributed by atoms with Crippen LogP contribution >= 0.6 is 0 Å². The molecule has 1 N–H and O–H groups in total. The van der Waals surface area contributed by atoms with Crippen molar-refractivity contribution in [2.24, 2.45) is 5.10 Å². The summed E-state index contributed by atoms with van der Waals surface area (Å²) >= 11 is 0. The van der Waals surface area contributed by atoms with E-state index in [-0.39, 0.29) is 30.6 Å². The zero-order valence-corrected chi connectivity index (χ0v) is 19.2. The molecule has 0 radical (unpaired) electrons. The molecule has 1 atom stereocenters. The number of benzene rings is 2. The average molecular weight is 439 g/mol. The highest BCUT2D eigenvalue weighted by molar-refractivity contribution is 6.03. The van der Waals surface area contributed by atoms with E-state index >= 15 is 0 Å². The number of hydrogen-bond acceptors (Lipinski definition) is 5. The van der Waals surface area contributed by atoms with Crippen LogP contribution in [0.3, 0.4) is 0 Å². The van der Waals surface area contributed by atoms with E-state index in [1.165, 1.54) is 9.91 Å². The first-order valence-corrected chi connectivity index (χ1v) is 10.5. The number of rotatable bonds is 7. The van der Waals surface area contributed by atoms with Gasteiger partial charge in [0, 0.05) is 19.5 Å². The second-order valence-corrected chi connectivity index (χ2v) is 7.97. The Morgan fingerprint density at radius 3 is 2.16 bits per heavy atom. The molecule has 0 bridgehead atoms. The maximum absolute atomic E-state index is 13.2. The zero-order valence-electron chi connectivity index (χ0n) is 19.2. The fourth-order valence-corrected chi connectivity index (χ4v) is 3.49. The highest BCUT2D eigenvalue weighted by atomic mass is 16.5. The van der Waals surface area contributed by atoms with Gasteiger partial charge in [-0.05, 0) is 61.4 Å². The van der Waals surface area contributed by atoms with Crippen molar-refractivity contribution in [2.75, 3.05) is 27.8 Å². The van der Waals surface area contributed by atoms with Crippen LogP contribution in [0, 0.1) is 0 Å². The third kappa shape index (κ3) is 5.38. The number of hydrogen-bond donors (Lipinski definition) is 1. The first-order valence-electron chi connectivity index (χ1n) is 10.5. The molecule has 1 aliphatic heterocycles. The Hall–Kier alpha value is -3.55. The SMILES string of the molecule is COc1ccc(C2=NN(C(=O)CN(C)C(=O)NC(C)C)[C@H](c3ccc(OC)cc3)C2)cc1. The average Bonchev–Trinajstić information content (AvgIpc) is 3.24. The summed E-state index contributed by atoms with van der Waals surface area (Å²) in [6.45, 7) is 3.67. The number of amides is 3. The van der Waals surface area contributed by atoms with Crippen LogP contribution in [0.5, 0.6) is 11.5 Å². The van der Waals surface area contributed by atoms with E-state index in [0.717, 1.165) is 28.3 Å². The Bertz CT molecular complexity index is 970. The second-order valence-electron chi connectivity index (χ2n) is 7.97. The summed E-state index contributed by atoms with van der Waals surface area (Å²) in [6, 6.07) is 14.6. The van der Waals surface area contributed by atoms with Crippen molar-refractivity contribution in [2.45, 2.75) is 32.4 Å². The summed E-state index contributed by atoms with van der Waals surface area (Å²) in [7, 11) is 4.83. The summed E-state index contributed by atoms with van der Waals surface area (Å²) in [6.07, 6.45) is 0.562. The van der Waals surface area contributed by atoms with E-state index in [2.05, 4.69) is 10.4 Å². The van der Waals surface area contributed by atoms with Crippen molar-refractivity contribution in [3.05, 3.63) is 59.7 Å². The summed E-state index contributed by atoms with van der Waals surface area (Å²) < 4.78 is 10.5. The third-order valence-electron chi connectivity index (χ3n) is 5.22. The van der Waals surface area contributed by atoms with Crippen LogP contribution in [0.4, 0.5) is 4.79 Å². The van der Waals surface area contributed by atoms with Gasteiger partial charge >= 0.3 is 6.03 Å². The normalized spacial score (nSPS) is 15.4. The van der Waals surface area contributed by atoms with Gasteiger partial charge in [0.25, 0.3) is 5.91 Å². The maximum atomic E-state index is 13.2. The Balaban J connectivity index is 1.85. The molecule has 0 saturated carbocycles. The van der Waals surface area contributed by atoms with Crippen LogP contribution in [0.15, 0.2) is 53.6 Å². The highest BCUT2D eigenvalue weighted by Crippen LogP contribution is 2.34. The maximum Gasteiger partial charge on any atom is 0.317 e. The Morgan fingerprint density at radius 2 is 1.62 bits per heavy atom. The molecular weight excluding hydrogens is 408 g/mol. The number of nitrogens with zero attached hydrogens (tertiary/aromatic N) is 3. The molecule has 2 aromatic rings. The quantitative estimate of drug-likeness (QED) is 0.718. The molecular formula is C24H30N4O4. The monoisotopic (exact) mass is 438 g/mol. The van der Waals surface area contributed by atoms with Crippen LogP contribution in [-0.4, -0.2) is 61.4 Å². The zero-order chi connectivity index (χ0) is 23.3. The number of urea groups is 1. The van der Waals surface area contributed by atoms with E-state index in [9.17, 15) is 9.59 Å². The molecule has 32 heavy (non-hydrogen) atoms. The topological polar surface area (TPSA) is 83.5 Å². The van der Waals surface area contributed by atoms with Gasteiger partial charge in [0.05, 0.1) is 26.0 Å². The molecule has 2 aromatic carbocycles. The molecule has 0 aromatic heterocycles. The minimum atomic E-state index is -0.298. The molecule has 3 rings (SSSR count). The van der Waals surface area contributed by atoms with Crippen molar-refractivity contribution in [1.29, 1.82) is 0 Å². The van der Waals surface area contributed by atoms with Gasteiger partial charge in [0.1, 0.15) is 18.0 Å². The third-order valence-corrected chi connectivity index (χ3v) is 5.22. The fraction of sp³-hybridized carbons (Fsp3) is 0.375. The van der Waals surface area contributed by atoms with Crippen LogP contribution in [0.1, 0.15) is 37.4 Å². The molecule has 3 amide bonds. The largest absolute Gasteiger partial charge is 0.497 e. The molecule has 0 saturated heterocycles. The van der Waals surface area contributed by atoms with Gasteiger partial charge in [-0.2, -0.15) is 5.10 Å². The number of likely N-dealkylation sites (N-methyl/N-ethyl adjacent to an activating group) is 1. The van der Waals surface area contributed by atoms with Gasteiger partial charge in [-0.25, -0.2) is 9.80 Å². The fourth-order valence-electron chi connectivity index (χ4n) is 3.49. The minimum Gasteiger partial charge on any atom is -0.497 e. The molecule has 8 heteroatoms. The van der Waals surface area contributed by atoms with Gasteiger partial charge in [0.2, 0.25) is 0 Å². The van der Waals surface area contributed by atoms with E-state index in [0.29, 0.717) is 6.42 Å². The lowest BCUT2D eigenvalue weighted by Crippen LogP contribution is -2.45. The molecule has 0 fully saturated rings. The van der Waals surface area contributed by atoms with Gasteiger partial charge in [-0.15, -0.1) is 0 Å². The number of methoxy groups -OCH3 is 2. The predicted octanol–water partition coefficient (Wildman–Crippen LogP) is 3.43. The van der Waals surface area contributed by atoms with Crippen molar-refractivity contribution < 1.29 is 19.1 Å². The number of nitrogens with one attached hydrogen (secondary N) is 1. The van der Waals surface area contributed by atoms with Gasteiger partial charge < -0.3 is 19.7 Å². The summed E-state index contributed by atoms with van der Waals surface area (Å²) in [5, 5.41) is 8.94. The molecule has 170 valence electrons. The smallest absolute Gasteiger partial charge is 0.317 e. The predicted molar refractivity (Wildman–Crippen MR) is 123 cm³/mol. The number of carbonyl (C=O) groups is 2. The van der Waals surface area contributed by atoms with E-state index in [1.54, 1.807) is 21.3 Å². The summed E-state index contributed by atoms with van der Waals surface area (Å²) in [4.78, 5) is 26.8. The Kier molecular flexibility index (Phi) is 7.35. The Labute approximate surface area is 188 Å². The lowest BCUT2D eigenvalue weighted by Gasteiger charge is -2.25. The van der Waals surface area contributed by atoms with E-state index < -0.39 is 0 Å². The number of hydrazone groups is 1. The first-order chi connectivity index (χ1) is 15.3. The van der Waals surface area contributed by atoms with Gasteiger partial charge in [-0.1, -0.05) is 12.1 Å². The second kappa shape index (κ2) is 10.2. The summed E-state index contributed by atoms with van der Waals surface area (Å²) in [5.74, 6) is 1.24. The van der Waals surface area contributed by atoms with Crippen molar-refractivity contribution >= 4 is 17.6 Å². The number of carbonyl (C=O) groups excluding carboxylic acids is 2. The van der Waals surface area contributed by atoms with Gasteiger partial charge in [0.15, 0.2) is 0 Å². The number of ether oxygens (including phenoxy) is 2. The highest BCUT2D eigenvalue weighted by Gasteiger charge is 2.34.